The van der Waals surface area contributed by atoms with Gasteiger partial charge in [0.05, 0.1) is 0 Å². The van der Waals surface area contributed by atoms with Gasteiger partial charge in [-0.2, -0.15) is 18.8 Å². The molecule has 0 spiro atoms. The van der Waals surface area contributed by atoms with Crippen molar-refractivity contribution in [3.63, 3.8) is 0 Å². The van der Waals surface area contributed by atoms with Crippen molar-refractivity contribution in [2.24, 2.45) is 5.92 Å². The van der Waals surface area contributed by atoms with E-state index in [1.807, 2.05) is 0 Å². The van der Waals surface area contributed by atoms with Gasteiger partial charge in [0.15, 0.2) is 0 Å². The fourth-order valence-corrected chi connectivity index (χ4v) is 1.58. The molecule has 0 unspecified atom stereocenters. The van der Waals surface area contributed by atoms with Gasteiger partial charge >= 0.3 is 23.1 Å². The van der Waals surface area contributed by atoms with Crippen LogP contribution in [0.15, 0.2) is 0 Å². The first-order valence-corrected chi connectivity index (χ1v) is 4.15. The molecular weight excluding hydrogens is 168 g/mol. The Labute approximate surface area is 93.1 Å². The monoisotopic (exact) mass is 184 g/mol. The average molecular weight is 185 g/mol. The standard InChI is InChI=1S/C9H17.ClH.Mg/c1-8(2)9-6-4-3-5-7-9;;/h8H,3-7H2,1-2H3;1H;/q-1;;+2/p-1. The number of rotatable bonds is 1. The molecule has 0 amide bonds. The van der Waals surface area contributed by atoms with Gasteiger partial charge in [-0.25, -0.2) is 0 Å². The summed E-state index contributed by atoms with van der Waals surface area (Å²) >= 11 is 0. The minimum atomic E-state index is 0. The summed E-state index contributed by atoms with van der Waals surface area (Å²) in [7, 11) is 0. The molecule has 0 bridgehead atoms. The van der Waals surface area contributed by atoms with Crippen LogP contribution in [0.2, 0.25) is 0 Å². The molecule has 0 aromatic heterocycles. The van der Waals surface area contributed by atoms with Gasteiger partial charge in [0.25, 0.3) is 0 Å². The van der Waals surface area contributed by atoms with E-state index in [0.29, 0.717) is 0 Å². The summed E-state index contributed by atoms with van der Waals surface area (Å²) in [6, 6.07) is 0. The van der Waals surface area contributed by atoms with Crippen molar-refractivity contribution in [2.75, 3.05) is 0 Å². The third-order valence-electron chi connectivity index (χ3n) is 2.31. The fourth-order valence-electron chi connectivity index (χ4n) is 1.58. The van der Waals surface area contributed by atoms with Crippen molar-refractivity contribution >= 4 is 23.1 Å². The van der Waals surface area contributed by atoms with Crippen molar-refractivity contribution in [1.29, 1.82) is 0 Å². The van der Waals surface area contributed by atoms with Crippen molar-refractivity contribution < 1.29 is 12.4 Å². The summed E-state index contributed by atoms with van der Waals surface area (Å²) < 4.78 is 0. The molecule has 0 aromatic carbocycles. The Morgan fingerprint density at radius 1 is 1.00 bits per heavy atom. The molecular formula is C9H17ClMg. The Hall–Kier alpha value is 1.06. The largest absolute Gasteiger partial charge is 2.00 e. The molecule has 0 radical (unpaired) electrons. The predicted octanol–water partition coefficient (Wildman–Crippen LogP) is -0.196. The van der Waals surface area contributed by atoms with Crippen molar-refractivity contribution in [3.05, 3.63) is 5.92 Å². The van der Waals surface area contributed by atoms with Crippen molar-refractivity contribution in [3.8, 4) is 0 Å². The van der Waals surface area contributed by atoms with Crippen LogP contribution in [0.5, 0.6) is 0 Å². The quantitative estimate of drug-likeness (QED) is 0.392. The topological polar surface area (TPSA) is 0 Å². The van der Waals surface area contributed by atoms with Gasteiger partial charge in [-0.05, 0) is 0 Å². The fraction of sp³-hybridized carbons (Fsp3) is 0.889. The number of hydrogen-bond donors (Lipinski definition) is 0. The molecule has 0 nitrogen and oxygen atoms in total. The summed E-state index contributed by atoms with van der Waals surface area (Å²) in [6.07, 6.45) is 7.20. The molecule has 0 saturated heterocycles. The van der Waals surface area contributed by atoms with Crippen LogP contribution in [0.25, 0.3) is 0 Å². The zero-order valence-electron chi connectivity index (χ0n) is 7.70. The van der Waals surface area contributed by atoms with E-state index in [0.717, 1.165) is 5.92 Å². The molecule has 0 N–H and O–H groups in total. The van der Waals surface area contributed by atoms with Gasteiger partial charge in [-0.15, -0.1) is 0 Å². The van der Waals surface area contributed by atoms with E-state index in [9.17, 15) is 0 Å². The molecule has 0 atom stereocenters. The molecule has 0 heterocycles. The van der Waals surface area contributed by atoms with Crippen LogP contribution < -0.4 is 12.4 Å². The van der Waals surface area contributed by atoms with E-state index in [1.165, 1.54) is 32.1 Å². The van der Waals surface area contributed by atoms with E-state index in [4.69, 9.17) is 0 Å². The van der Waals surface area contributed by atoms with Crippen LogP contribution >= 0.6 is 0 Å². The van der Waals surface area contributed by atoms with Crippen LogP contribution in [0, 0.1) is 11.8 Å². The Balaban J connectivity index is 0. The van der Waals surface area contributed by atoms with E-state index >= 15 is 0 Å². The Morgan fingerprint density at radius 2 is 1.45 bits per heavy atom. The molecule has 62 valence electrons. The van der Waals surface area contributed by atoms with E-state index in [2.05, 4.69) is 13.8 Å². The molecule has 1 fully saturated rings. The Morgan fingerprint density at radius 3 is 1.73 bits per heavy atom. The average Bonchev–Trinajstić information content (AvgIpc) is 1.90. The van der Waals surface area contributed by atoms with Gasteiger partial charge < -0.3 is 18.3 Å². The number of halogens is 1. The van der Waals surface area contributed by atoms with Gasteiger partial charge in [-0.1, -0.05) is 33.1 Å². The molecule has 0 aliphatic heterocycles. The Bertz CT molecular complexity index is 77.6. The van der Waals surface area contributed by atoms with Crippen LogP contribution in [0.4, 0.5) is 0 Å². The summed E-state index contributed by atoms with van der Waals surface area (Å²) in [4.78, 5) is 0. The van der Waals surface area contributed by atoms with Crippen molar-refractivity contribution in [1.82, 2.24) is 0 Å². The summed E-state index contributed by atoms with van der Waals surface area (Å²) in [5.41, 5.74) is 0. The molecule has 0 aromatic rings. The molecule has 1 rings (SSSR count). The van der Waals surface area contributed by atoms with Gasteiger partial charge in [0.1, 0.15) is 0 Å². The molecule has 1 aliphatic carbocycles. The van der Waals surface area contributed by atoms with Crippen LogP contribution in [-0.2, 0) is 0 Å². The normalized spacial score (nSPS) is 18.8. The summed E-state index contributed by atoms with van der Waals surface area (Å²) in [5.74, 6) is 2.66. The van der Waals surface area contributed by atoms with Crippen LogP contribution in [0.3, 0.4) is 0 Å². The first kappa shape index (κ1) is 14.6. The van der Waals surface area contributed by atoms with Gasteiger partial charge in [-0.3, -0.25) is 0 Å². The smallest absolute Gasteiger partial charge is 1.00 e. The first-order chi connectivity index (χ1) is 4.30. The zero-order valence-corrected chi connectivity index (χ0v) is 9.87. The third kappa shape index (κ3) is 5.32. The second-order valence-corrected chi connectivity index (χ2v) is 3.37. The minimum absolute atomic E-state index is 0. The maximum atomic E-state index is 2.32. The molecule has 2 heteroatoms. The minimum Gasteiger partial charge on any atom is -1.00 e. The molecule has 1 saturated carbocycles. The van der Waals surface area contributed by atoms with E-state index in [1.54, 1.807) is 5.92 Å². The molecule has 1 aliphatic rings. The maximum Gasteiger partial charge on any atom is 2.00 e. The van der Waals surface area contributed by atoms with Gasteiger partial charge in [0.2, 0.25) is 0 Å². The Kier molecular flexibility index (Phi) is 10.2. The second kappa shape index (κ2) is 7.69. The maximum absolute atomic E-state index is 2.32. The van der Waals surface area contributed by atoms with E-state index in [-0.39, 0.29) is 35.5 Å². The van der Waals surface area contributed by atoms with Crippen LogP contribution in [-0.4, -0.2) is 23.1 Å². The SMILES string of the molecule is CC(C)[C-]1CCCCC1.[Cl-].[Mg+2]. The van der Waals surface area contributed by atoms with Gasteiger partial charge in [0, 0.05) is 0 Å². The third-order valence-corrected chi connectivity index (χ3v) is 2.31. The van der Waals surface area contributed by atoms with Crippen LogP contribution in [0.1, 0.15) is 46.0 Å². The zero-order chi connectivity index (χ0) is 6.69. The second-order valence-electron chi connectivity index (χ2n) is 3.37. The first-order valence-electron chi connectivity index (χ1n) is 4.15. The summed E-state index contributed by atoms with van der Waals surface area (Å²) in [5, 5.41) is 0. The predicted molar refractivity (Wildman–Crippen MR) is 46.9 cm³/mol. The van der Waals surface area contributed by atoms with Crippen molar-refractivity contribution in [2.45, 2.75) is 46.0 Å². The number of hydrogen-bond acceptors (Lipinski definition) is 0. The molecule has 11 heavy (non-hydrogen) atoms. The summed E-state index contributed by atoms with van der Waals surface area (Å²) in [6.45, 7) is 4.64. The van der Waals surface area contributed by atoms with E-state index < -0.39 is 0 Å².